The number of nitrogens with one attached hydrogen (secondary N) is 2. The number of hydrogen-bond acceptors (Lipinski definition) is 6. The third kappa shape index (κ3) is 7.28. The summed E-state index contributed by atoms with van der Waals surface area (Å²) in [5, 5.41) is 4.53. The van der Waals surface area contributed by atoms with Gasteiger partial charge in [0.1, 0.15) is 5.78 Å². The van der Waals surface area contributed by atoms with Crippen molar-refractivity contribution >= 4 is 35.5 Å². The second-order valence-corrected chi connectivity index (χ2v) is 5.88. The van der Waals surface area contributed by atoms with Crippen molar-refractivity contribution in [3.63, 3.8) is 0 Å². The van der Waals surface area contributed by atoms with E-state index in [4.69, 9.17) is 4.74 Å². The summed E-state index contributed by atoms with van der Waals surface area (Å²) in [6.07, 6.45) is 0.741. The van der Waals surface area contributed by atoms with Gasteiger partial charge in [0, 0.05) is 11.4 Å². The Morgan fingerprint density at radius 3 is 2.54 bits per heavy atom. The highest BCUT2D eigenvalue weighted by Crippen LogP contribution is 2.23. The minimum Gasteiger partial charge on any atom is -0.452 e. The van der Waals surface area contributed by atoms with E-state index >= 15 is 0 Å². The van der Waals surface area contributed by atoms with Crippen LogP contribution < -0.4 is 10.6 Å². The summed E-state index contributed by atoms with van der Waals surface area (Å²) in [6, 6.07) is 6.02. The van der Waals surface area contributed by atoms with Gasteiger partial charge in [-0.25, -0.2) is 9.59 Å². The van der Waals surface area contributed by atoms with Crippen LogP contribution in [0.4, 0.5) is 4.79 Å². The molecule has 0 unspecified atom stereocenters. The number of Topliss-reactive ketones (excluding diaryl/α,β-unsaturated/α-hetero) is 1. The number of imide groups is 1. The van der Waals surface area contributed by atoms with Crippen LogP contribution in [-0.2, 0) is 14.3 Å². The Morgan fingerprint density at radius 2 is 1.88 bits per heavy atom. The van der Waals surface area contributed by atoms with Crippen molar-refractivity contribution in [2.45, 2.75) is 25.2 Å². The molecule has 0 fully saturated rings. The fourth-order valence-corrected chi connectivity index (χ4v) is 2.44. The SMILES string of the molecule is CCCNC(=O)NC(=O)COC(=O)c1ccccc1SCC(C)=O. The van der Waals surface area contributed by atoms with Gasteiger partial charge in [-0.3, -0.25) is 14.9 Å². The predicted octanol–water partition coefficient (Wildman–Crippen LogP) is 1.76. The van der Waals surface area contributed by atoms with Gasteiger partial charge >= 0.3 is 12.0 Å². The highest BCUT2D eigenvalue weighted by atomic mass is 32.2. The number of urea groups is 1. The van der Waals surface area contributed by atoms with E-state index in [-0.39, 0.29) is 17.1 Å². The summed E-state index contributed by atoms with van der Waals surface area (Å²) in [7, 11) is 0. The van der Waals surface area contributed by atoms with E-state index in [1.807, 2.05) is 6.92 Å². The molecule has 0 aromatic heterocycles. The maximum Gasteiger partial charge on any atom is 0.339 e. The summed E-state index contributed by atoms with van der Waals surface area (Å²) in [6.45, 7) is 3.22. The van der Waals surface area contributed by atoms with E-state index in [2.05, 4.69) is 10.6 Å². The fraction of sp³-hybridized carbons (Fsp3) is 0.375. The lowest BCUT2D eigenvalue weighted by Crippen LogP contribution is -2.41. The third-order valence-corrected chi connectivity index (χ3v) is 3.88. The quantitative estimate of drug-likeness (QED) is 0.546. The highest BCUT2D eigenvalue weighted by molar-refractivity contribution is 8.00. The Balaban J connectivity index is 2.54. The normalized spacial score (nSPS) is 9.92. The molecule has 0 atom stereocenters. The van der Waals surface area contributed by atoms with Crippen LogP contribution in [0.3, 0.4) is 0 Å². The van der Waals surface area contributed by atoms with E-state index in [1.54, 1.807) is 24.3 Å². The summed E-state index contributed by atoms with van der Waals surface area (Å²) in [5.41, 5.74) is 0.270. The minimum absolute atomic E-state index is 0.0133. The van der Waals surface area contributed by atoms with Crippen LogP contribution in [0, 0.1) is 0 Å². The van der Waals surface area contributed by atoms with E-state index < -0.39 is 24.5 Å². The Labute approximate surface area is 144 Å². The van der Waals surface area contributed by atoms with Gasteiger partial charge in [0.15, 0.2) is 6.61 Å². The average Bonchev–Trinajstić information content (AvgIpc) is 2.56. The van der Waals surface area contributed by atoms with E-state index in [0.717, 1.165) is 6.42 Å². The largest absolute Gasteiger partial charge is 0.452 e. The van der Waals surface area contributed by atoms with E-state index in [1.165, 1.54) is 18.7 Å². The zero-order chi connectivity index (χ0) is 17.9. The van der Waals surface area contributed by atoms with Crippen LogP contribution in [0.1, 0.15) is 30.6 Å². The van der Waals surface area contributed by atoms with Gasteiger partial charge in [-0.05, 0) is 25.5 Å². The first-order chi connectivity index (χ1) is 11.4. The van der Waals surface area contributed by atoms with Crippen LogP contribution >= 0.6 is 11.8 Å². The lowest BCUT2D eigenvalue weighted by Gasteiger charge is -2.09. The summed E-state index contributed by atoms with van der Waals surface area (Å²) < 4.78 is 4.91. The molecule has 0 radical (unpaired) electrons. The Bertz CT molecular complexity index is 618. The molecule has 0 heterocycles. The molecule has 2 N–H and O–H groups in total. The number of esters is 1. The predicted molar refractivity (Wildman–Crippen MR) is 90.0 cm³/mol. The minimum atomic E-state index is -0.717. The molecule has 0 aliphatic heterocycles. The Hall–Kier alpha value is -2.35. The average molecular weight is 352 g/mol. The number of ether oxygens (including phenoxy) is 1. The molecule has 8 heteroatoms. The van der Waals surface area contributed by atoms with Crippen LogP contribution in [0.25, 0.3) is 0 Å². The molecule has 7 nitrogen and oxygen atoms in total. The molecule has 0 aliphatic carbocycles. The van der Waals surface area contributed by atoms with Gasteiger partial charge in [0.05, 0.1) is 11.3 Å². The molecular weight excluding hydrogens is 332 g/mol. The van der Waals surface area contributed by atoms with Gasteiger partial charge in [0.2, 0.25) is 0 Å². The van der Waals surface area contributed by atoms with Gasteiger partial charge in [-0.15, -0.1) is 11.8 Å². The van der Waals surface area contributed by atoms with Crippen LogP contribution in [0.15, 0.2) is 29.2 Å². The molecular formula is C16H20N2O5S. The molecule has 0 saturated carbocycles. The van der Waals surface area contributed by atoms with Crippen LogP contribution in [-0.4, -0.2) is 42.6 Å². The highest BCUT2D eigenvalue weighted by Gasteiger charge is 2.15. The molecule has 0 aliphatic rings. The summed E-state index contributed by atoms with van der Waals surface area (Å²) in [4.78, 5) is 46.6. The second-order valence-electron chi connectivity index (χ2n) is 4.87. The van der Waals surface area contributed by atoms with E-state index in [9.17, 15) is 19.2 Å². The molecule has 130 valence electrons. The van der Waals surface area contributed by atoms with Gasteiger partial charge in [-0.1, -0.05) is 19.1 Å². The number of benzene rings is 1. The van der Waals surface area contributed by atoms with E-state index in [0.29, 0.717) is 11.4 Å². The maximum absolute atomic E-state index is 12.1. The number of amides is 3. The molecule has 1 rings (SSSR count). The Kier molecular flexibility index (Phi) is 8.56. The number of ketones is 1. The first-order valence-corrected chi connectivity index (χ1v) is 8.38. The lowest BCUT2D eigenvalue weighted by molar-refractivity contribution is -0.123. The zero-order valence-corrected chi connectivity index (χ0v) is 14.4. The first-order valence-electron chi connectivity index (χ1n) is 7.40. The van der Waals surface area contributed by atoms with Gasteiger partial charge < -0.3 is 10.1 Å². The van der Waals surface area contributed by atoms with Gasteiger partial charge in [-0.2, -0.15) is 0 Å². The van der Waals surface area contributed by atoms with Crippen molar-refractivity contribution in [2.75, 3.05) is 18.9 Å². The third-order valence-electron chi connectivity index (χ3n) is 2.66. The van der Waals surface area contributed by atoms with Crippen molar-refractivity contribution < 1.29 is 23.9 Å². The van der Waals surface area contributed by atoms with Crippen LogP contribution in [0.2, 0.25) is 0 Å². The molecule has 0 bridgehead atoms. The number of hydrogen-bond donors (Lipinski definition) is 2. The molecule has 0 saturated heterocycles. The number of thioether (sulfide) groups is 1. The van der Waals surface area contributed by atoms with Crippen molar-refractivity contribution in [1.29, 1.82) is 0 Å². The van der Waals surface area contributed by atoms with Crippen molar-refractivity contribution in [1.82, 2.24) is 10.6 Å². The van der Waals surface area contributed by atoms with Crippen molar-refractivity contribution in [3.05, 3.63) is 29.8 Å². The number of carbonyl (C=O) groups excluding carboxylic acids is 4. The number of rotatable bonds is 8. The maximum atomic E-state index is 12.1. The van der Waals surface area contributed by atoms with Crippen molar-refractivity contribution in [2.24, 2.45) is 0 Å². The summed E-state index contributed by atoms with van der Waals surface area (Å²) >= 11 is 1.22. The van der Waals surface area contributed by atoms with Gasteiger partial charge in [0.25, 0.3) is 5.91 Å². The Morgan fingerprint density at radius 1 is 1.17 bits per heavy atom. The monoisotopic (exact) mass is 352 g/mol. The zero-order valence-electron chi connectivity index (χ0n) is 13.6. The number of carbonyl (C=O) groups is 4. The molecule has 0 spiro atoms. The molecule has 24 heavy (non-hydrogen) atoms. The molecule has 1 aromatic rings. The first kappa shape index (κ1) is 19.7. The van der Waals surface area contributed by atoms with Crippen molar-refractivity contribution in [3.8, 4) is 0 Å². The molecule has 1 aromatic carbocycles. The smallest absolute Gasteiger partial charge is 0.339 e. The summed E-state index contributed by atoms with van der Waals surface area (Å²) in [5.74, 6) is -1.18. The fourth-order valence-electron chi connectivity index (χ4n) is 1.59. The standard InChI is InChI=1S/C16H20N2O5S/c1-3-8-17-16(22)18-14(20)9-23-15(21)12-6-4-5-7-13(12)24-10-11(2)19/h4-7H,3,8-10H2,1-2H3,(H2,17,18,20,22). The molecule has 3 amide bonds. The second kappa shape index (κ2) is 10.4. The topological polar surface area (TPSA) is 102 Å². The van der Waals surface area contributed by atoms with Crippen LogP contribution in [0.5, 0.6) is 0 Å². The lowest BCUT2D eigenvalue weighted by atomic mass is 10.2.